The zero-order valence-corrected chi connectivity index (χ0v) is 12.2. The van der Waals surface area contributed by atoms with Gasteiger partial charge in [-0.25, -0.2) is 0 Å². The molecule has 1 spiro atoms. The number of ether oxygens (including phenoxy) is 1. The highest BCUT2D eigenvalue weighted by Gasteiger charge is 2.54. The highest BCUT2D eigenvalue weighted by molar-refractivity contribution is 5.83. The van der Waals surface area contributed by atoms with E-state index in [1.54, 1.807) is 0 Å². The fraction of sp³-hybridized carbons (Fsp3) is 0.588. The molecule has 1 saturated carbocycles. The van der Waals surface area contributed by atoms with Crippen LogP contribution in [-0.2, 0) is 9.53 Å². The van der Waals surface area contributed by atoms with E-state index < -0.39 is 0 Å². The zero-order chi connectivity index (χ0) is 14.3. The molecular formula is C17H22N2O2. The zero-order valence-electron chi connectivity index (χ0n) is 12.2. The van der Waals surface area contributed by atoms with Crippen molar-refractivity contribution in [3.63, 3.8) is 0 Å². The monoisotopic (exact) mass is 286 g/mol. The summed E-state index contributed by atoms with van der Waals surface area (Å²) in [6.07, 6.45) is 3.70. The first kappa shape index (κ1) is 13.3. The van der Waals surface area contributed by atoms with Crippen LogP contribution in [0.4, 0.5) is 0 Å². The molecule has 1 aromatic rings. The normalized spacial score (nSPS) is 31.0. The van der Waals surface area contributed by atoms with Crippen LogP contribution in [0.5, 0.6) is 0 Å². The number of rotatable bonds is 2. The van der Waals surface area contributed by atoms with Gasteiger partial charge in [-0.2, -0.15) is 0 Å². The third-order valence-electron chi connectivity index (χ3n) is 5.39. The van der Waals surface area contributed by atoms with Gasteiger partial charge in [-0.05, 0) is 41.7 Å². The van der Waals surface area contributed by atoms with Crippen molar-refractivity contribution in [2.24, 2.45) is 5.41 Å². The Balaban J connectivity index is 1.48. The van der Waals surface area contributed by atoms with Gasteiger partial charge in [0.15, 0.2) is 0 Å². The first-order valence-corrected chi connectivity index (χ1v) is 7.97. The summed E-state index contributed by atoms with van der Waals surface area (Å²) < 4.78 is 5.49. The number of carbonyl (C=O) groups excluding carboxylic acids is 1. The van der Waals surface area contributed by atoms with Gasteiger partial charge in [-0.1, -0.05) is 24.3 Å². The van der Waals surface area contributed by atoms with Gasteiger partial charge in [-0.3, -0.25) is 4.79 Å². The lowest BCUT2D eigenvalue weighted by Gasteiger charge is -2.24. The Morgan fingerprint density at radius 1 is 1.05 bits per heavy atom. The standard InChI is InChI=1S/C17H22N2O2/c20-16-15(18-7-8-19-16)13-3-1-12(2-4-13)14-11-17(14)5-9-21-10-6-17/h1-4,14-15,18H,5-11H2,(H,19,20). The molecule has 4 nitrogen and oxygen atoms in total. The molecule has 2 heterocycles. The third kappa shape index (κ3) is 2.36. The van der Waals surface area contributed by atoms with Crippen molar-refractivity contribution in [2.45, 2.75) is 31.2 Å². The largest absolute Gasteiger partial charge is 0.381 e. The van der Waals surface area contributed by atoms with Crippen molar-refractivity contribution in [1.82, 2.24) is 10.6 Å². The van der Waals surface area contributed by atoms with Crippen molar-refractivity contribution < 1.29 is 9.53 Å². The van der Waals surface area contributed by atoms with Gasteiger partial charge in [0.25, 0.3) is 0 Å². The fourth-order valence-corrected chi connectivity index (χ4v) is 3.94. The van der Waals surface area contributed by atoms with E-state index in [4.69, 9.17) is 4.74 Å². The van der Waals surface area contributed by atoms with E-state index in [0.29, 0.717) is 11.3 Å². The van der Waals surface area contributed by atoms with E-state index in [1.807, 2.05) is 0 Å². The minimum Gasteiger partial charge on any atom is -0.381 e. The summed E-state index contributed by atoms with van der Waals surface area (Å²) in [6.45, 7) is 3.39. The maximum absolute atomic E-state index is 11.9. The Morgan fingerprint density at radius 2 is 1.76 bits per heavy atom. The van der Waals surface area contributed by atoms with E-state index in [-0.39, 0.29) is 11.9 Å². The van der Waals surface area contributed by atoms with Gasteiger partial charge < -0.3 is 15.4 Å². The van der Waals surface area contributed by atoms with Gasteiger partial charge >= 0.3 is 0 Å². The van der Waals surface area contributed by atoms with E-state index in [9.17, 15) is 4.79 Å². The van der Waals surface area contributed by atoms with E-state index in [2.05, 4.69) is 34.9 Å². The molecule has 2 saturated heterocycles. The van der Waals surface area contributed by atoms with Gasteiger partial charge in [-0.15, -0.1) is 0 Å². The van der Waals surface area contributed by atoms with E-state index in [0.717, 1.165) is 31.9 Å². The number of hydrogen-bond donors (Lipinski definition) is 2. The van der Waals surface area contributed by atoms with Crippen LogP contribution in [0.3, 0.4) is 0 Å². The quantitative estimate of drug-likeness (QED) is 0.870. The summed E-state index contributed by atoms with van der Waals surface area (Å²) in [5.74, 6) is 0.782. The Bertz CT molecular complexity index is 534. The predicted octanol–water partition coefficient (Wildman–Crippen LogP) is 1.73. The molecule has 2 aliphatic heterocycles. The molecule has 3 aliphatic rings. The molecule has 0 aromatic heterocycles. The highest BCUT2D eigenvalue weighted by Crippen LogP contribution is 2.64. The smallest absolute Gasteiger partial charge is 0.241 e. The fourth-order valence-electron chi connectivity index (χ4n) is 3.94. The summed E-state index contributed by atoms with van der Waals surface area (Å²) in [4.78, 5) is 11.9. The maximum atomic E-state index is 11.9. The molecule has 2 atom stereocenters. The maximum Gasteiger partial charge on any atom is 0.241 e. The van der Waals surface area contributed by atoms with E-state index in [1.165, 1.54) is 24.8 Å². The van der Waals surface area contributed by atoms with Gasteiger partial charge in [0, 0.05) is 26.3 Å². The lowest BCUT2D eigenvalue weighted by Crippen LogP contribution is -2.47. The lowest BCUT2D eigenvalue weighted by molar-refractivity contribution is -0.124. The molecule has 3 fully saturated rings. The van der Waals surface area contributed by atoms with Crippen LogP contribution in [0.25, 0.3) is 0 Å². The van der Waals surface area contributed by atoms with Crippen molar-refractivity contribution >= 4 is 5.91 Å². The highest BCUT2D eigenvalue weighted by atomic mass is 16.5. The molecule has 21 heavy (non-hydrogen) atoms. The molecule has 0 radical (unpaired) electrons. The lowest BCUT2D eigenvalue weighted by atomic mass is 9.90. The molecule has 112 valence electrons. The molecule has 1 aliphatic carbocycles. The Kier molecular flexibility index (Phi) is 3.23. The van der Waals surface area contributed by atoms with Crippen LogP contribution in [0.15, 0.2) is 24.3 Å². The summed E-state index contributed by atoms with van der Waals surface area (Å²) in [5, 5.41) is 6.19. The number of benzene rings is 1. The molecule has 4 rings (SSSR count). The summed E-state index contributed by atoms with van der Waals surface area (Å²) in [5.41, 5.74) is 3.01. The Labute approximate surface area is 125 Å². The molecule has 2 N–H and O–H groups in total. The number of nitrogens with one attached hydrogen (secondary N) is 2. The summed E-state index contributed by atoms with van der Waals surface area (Å²) in [7, 11) is 0. The van der Waals surface area contributed by atoms with Crippen LogP contribution < -0.4 is 10.6 Å². The van der Waals surface area contributed by atoms with Crippen LogP contribution in [0.2, 0.25) is 0 Å². The van der Waals surface area contributed by atoms with Crippen LogP contribution >= 0.6 is 0 Å². The SMILES string of the molecule is O=C1NCCNC1c1ccc(C2CC23CCOCC3)cc1. The number of amides is 1. The summed E-state index contributed by atoms with van der Waals surface area (Å²) in [6, 6.07) is 8.47. The van der Waals surface area contributed by atoms with Gasteiger partial charge in [0.1, 0.15) is 6.04 Å². The van der Waals surface area contributed by atoms with Gasteiger partial charge in [0.05, 0.1) is 0 Å². The van der Waals surface area contributed by atoms with Crippen molar-refractivity contribution in [3.8, 4) is 0 Å². The Morgan fingerprint density at radius 3 is 2.48 bits per heavy atom. The molecule has 1 amide bonds. The third-order valence-corrected chi connectivity index (χ3v) is 5.39. The predicted molar refractivity (Wildman–Crippen MR) is 80.0 cm³/mol. The molecular weight excluding hydrogens is 264 g/mol. The van der Waals surface area contributed by atoms with E-state index >= 15 is 0 Å². The second-order valence-electron chi connectivity index (χ2n) is 6.58. The van der Waals surface area contributed by atoms with Crippen LogP contribution in [-0.4, -0.2) is 32.2 Å². The summed E-state index contributed by atoms with van der Waals surface area (Å²) >= 11 is 0. The minimum absolute atomic E-state index is 0.0846. The Hall–Kier alpha value is -1.39. The first-order valence-electron chi connectivity index (χ1n) is 7.97. The van der Waals surface area contributed by atoms with Crippen LogP contribution in [0, 0.1) is 5.41 Å². The number of piperazine rings is 1. The number of carbonyl (C=O) groups is 1. The molecule has 1 aromatic carbocycles. The second-order valence-corrected chi connectivity index (χ2v) is 6.58. The topological polar surface area (TPSA) is 50.4 Å². The first-order chi connectivity index (χ1) is 10.3. The average Bonchev–Trinajstić information content (AvgIpc) is 3.22. The molecule has 2 unspecified atom stereocenters. The number of hydrogen-bond acceptors (Lipinski definition) is 3. The van der Waals surface area contributed by atoms with Crippen molar-refractivity contribution in [3.05, 3.63) is 35.4 Å². The van der Waals surface area contributed by atoms with Crippen LogP contribution in [0.1, 0.15) is 42.3 Å². The minimum atomic E-state index is -0.191. The van der Waals surface area contributed by atoms with Gasteiger partial charge in [0.2, 0.25) is 5.91 Å². The molecule has 0 bridgehead atoms. The average molecular weight is 286 g/mol. The molecule has 4 heteroatoms. The second kappa shape index (κ2) is 5.11. The van der Waals surface area contributed by atoms with Crippen molar-refractivity contribution in [2.75, 3.05) is 26.3 Å². The van der Waals surface area contributed by atoms with Crippen molar-refractivity contribution in [1.29, 1.82) is 0 Å².